The standard InChI is InChI=1S/C11H13ClN2O3/c12-9-2-1-3-10(8(9)4-13)14-11(5-15,6-16)7-17/h1-3,14-17H,5-7H2. The summed E-state index contributed by atoms with van der Waals surface area (Å²) in [6.07, 6.45) is 0. The quantitative estimate of drug-likeness (QED) is 0.609. The normalized spacial score (nSPS) is 11.0. The molecule has 0 aliphatic heterocycles. The minimum atomic E-state index is -1.28. The van der Waals surface area contributed by atoms with Crippen LogP contribution < -0.4 is 5.32 Å². The SMILES string of the molecule is N#Cc1c(Cl)cccc1NC(CO)(CO)CO. The topological polar surface area (TPSA) is 96.5 Å². The van der Waals surface area contributed by atoms with Crippen LogP contribution in [-0.2, 0) is 0 Å². The lowest BCUT2D eigenvalue weighted by Gasteiger charge is -2.30. The number of rotatable bonds is 5. The van der Waals surface area contributed by atoms with E-state index in [2.05, 4.69) is 5.32 Å². The lowest BCUT2D eigenvalue weighted by atomic mass is 10.0. The highest BCUT2D eigenvalue weighted by Gasteiger charge is 2.28. The predicted molar refractivity (Wildman–Crippen MR) is 63.8 cm³/mol. The van der Waals surface area contributed by atoms with Crippen LogP contribution in [0.15, 0.2) is 18.2 Å². The van der Waals surface area contributed by atoms with Gasteiger partial charge in [0, 0.05) is 0 Å². The molecule has 0 saturated carbocycles. The molecule has 17 heavy (non-hydrogen) atoms. The molecular formula is C11H13ClN2O3. The monoisotopic (exact) mass is 256 g/mol. The number of hydrogen-bond donors (Lipinski definition) is 4. The zero-order valence-corrected chi connectivity index (χ0v) is 9.78. The van der Waals surface area contributed by atoms with Crippen molar-refractivity contribution < 1.29 is 15.3 Å². The van der Waals surface area contributed by atoms with E-state index in [1.807, 2.05) is 6.07 Å². The molecule has 0 radical (unpaired) electrons. The van der Waals surface area contributed by atoms with Crippen LogP contribution in [0.25, 0.3) is 0 Å². The lowest BCUT2D eigenvalue weighted by Crippen LogP contribution is -2.49. The van der Waals surface area contributed by atoms with Gasteiger partial charge in [-0.05, 0) is 12.1 Å². The van der Waals surface area contributed by atoms with Crippen molar-refractivity contribution in [3.63, 3.8) is 0 Å². The van der Waals surface area contributed by atoms with E-state index in [-0.39, 0.29) is 10.6 Å². The van der Waals surface area contributed by atoms with Crippen LogP contribution in [0.4, 0.5) is 5.69 Å². The summed E-state index contributed by atoms with van der Waals surface area (Å²) in [5.41, 5.74) is -0.720. The Labute approximate surface area is 104 Å². The van der Waals surface area contributed by atoms with Crippen molar-refractivity contribution in [1.82, 2.24) is 0 Å². The Morgan fingerprint density at radius 1 is 1.24 bits per heavy atom. The van der Waals surface area contributed by atoms with E-state index in [0.717, 1.165) is 0 Å². The van der Waals surface area contributed by atoms with Crippen molar-refractivity contribution in [3.05, 3.63) is 28.8 Å². The molecule has 0 fully saturated rings. The van der Waals surface area contributed by atoms with Gasteiger partial charge >= 0.3 is 0 Å². The van der Waals surface area contributed by atoms with Gasteiger partial charge in [0.1, 0.15) is 11.6 Å². The molecule has 0 spiro atoms. The molecular weight excluding hydrogens is 244 g/mol. The third-order valence-electron chi connectivity index (χ3n) is 2.43. The average molecular weight is 257 g/mol. The van der Waals surface area contributed by atoms with Crippen molar-refractivity contribution in [3.8, 4) is 6.07 Å². The molecule has 1 aromatic rings. The lowest BCUT2D eigenvalue weighted by molar-refractivity contribution is 0.0833. The average Bonchev–Trinajstić information content (AvgIpc) is 2.36. The van der Waals surface area contributed by atoms with Crippen LogP contribution in [0.3, 0.4) is 0 Å². The first-order valence-corrected chi connectivity index (χ1v) is 5.29. The molecule has 0 bridgehead atoms. The Kier molecular flexibility index (Phi) is 4.73. The van der Waals surface area contributed by atoms with Gasteiger partial charge in [-0.1, -0.05) is 17.7 Å². The number of halogens is 1. The number of anilines is 1. The molecule has 92 valence electrons. The van der Waals surface area contributed by atoms with Crippen molar-refractivity contribution in [2.45, 2.75) is 5.54 Å². The van der Waals surface area contributed by atoms with Crippen LogP contribution in [0.2, 0.25) is 5.02 Å². The van der Waals surface area contributed by atoms with E-state index < -0.39 is 25.4 Å². The Hall–Kier alpha value is -1.32. The number of benzene rings is 1. The minimum Gasteiger partial charge on any atom is -0.394 e. The summed E-state index contributed by atoms with van der Waals surface area (Å²) in [5.74, 6) is 0. The molecule has 0 atom stereocenters. The minimum absolute atomic E-state index is 0.203. The molecule has 6 heteroatoms. The van der Waals surface area contributed by atoms with Gasteiger partial charge in [-0.3, -0.25) is 0 Å². The second-order valence-electron chi connectivity index (χ2n) is 3.65. The highest BCUT2D eigenvalue weighted by Crippen LogP contribution is 2.25. The van der Waals surface area contributed by atoms with E-state index in [9.17, 15) is 15.3 Å². The zero-order valence-electron chi connectivity index (χ0n) is 9.02. The van der Waals surface area contributed by atoms with Gasteiger partial charge in [0.25, 0.3) is 0 Å². The van der Waals surface area contributed by atoms with Crippen molar-refractivity contribution in [2.24, 2.45) is 0 Å². The fraction of sp³-hybridized carbons (Fsp3) is 0.364. The fourth-order valence-electron chi connectivity index (χ4n) is 1.30. The van der Waals surface area contributed by atoms with E-state index >= 15 is 0 Å². The highest BCUT2D eigenvalue weighted by atomic mass is 35.5. The second kappa shape index (κ2) is 5.84. The summed E-state index contributed by atoms with van der Waals surface area (Å²) in [4.78, 5) is 0. The Balaban J connectivity index is 3.10. The molecule has 0 unspecified atom stereocenters. The van der Waals surface area contributed by atoms with Crippen molar-refractivity contribution in [2.75, 3.05) is 25.1 Å². The number of aliphatic hydroxyl groups is 3. The van der Waals surface area contributed by atoms with E-state index in [1.54, 1.807) is 18.2 Å². The number of nitrogens with one attached hydrogen (secondary N) is 1. The van der Waals surface area contributed by atoms with Gasteiger partial charge in [0.2, 0.25) is 0 Å². The second-order valence-corrected chi connectivity index (χ2v) is 4.06. The summed E-state index contributed by atoms with van der Waals surface area (Å²) in [7, 11) is 0. The predicted octanol–water partition coefficient (Wildman–Crippen LogP) is 0.339. The first kappa shape index (κ1) is 13.7. The molecule has 0 aromatic heterocycles. The molecule has 0 heterocycles. The Bertz CT molecular complexity index is 419. The largest absolute Gasteiger partial charge is 0.394 e. The van der Waals surface area contributed by atoms with E-state index in [0.29, 0.717) is 5.69 Å². The number of nitriles is 1. The maximum absolute atomic E-state index is 9.17. The third kappa shape index (κ3) is 2.87. The number of nitrogens with zero attached hydrogens (tertiary/aromatic N) is 1. The van der Waals surface area contributed by atoms with Crippen molar-refractivity contribution >= 4 is 17.3 Å². The van der Waals surface area contributed by atoms with Crippen LogP contribution >= 0.6 is 11.6 Å². The fourth-order valence-corrected chi connectivity index (χ4v) is 1.51. The molecule has 0 aliphatic carbocycles. The molecule has 1 rings (SSSR count). The number of aliphatic hydroxyl groups excluding tert-OH is 3. The summed E-state index contributed by atoms with van der Waals surface area (Å²) in [6.45, 7) is -1.42. The summed E-state index contributed by atoms with van der Waals surface area (Å²) in [6, 6.07) is 6.69. The van der Waals surface area contributed by atoms with Gasteiger partial charge in [-0.25, -0.2) is 0 Å². The van der Waals surface area contributed by atoms with Crippen LogP contribution in [0.5, 0.6) is 0 Å². The number of hydrogen-bond acceptors (Lipinski definition) is 5. The van der Waals surface area contributed by atoms with Crippen LogP contribution in [0, 0.1) is 11.3 Å². The molecule has 0 amide bonds. The van der Waals surface area contributed by atoms with Gasteiger partial charge in [-0.2, -0.15) is 5.26 Å². The zero-order chi connectivity index (χ0) is 12.9. The maximum Gasteiger partial charge on any atom is 0.107 e. The summed E-state index contributed by atoms with van der Waals surface area (Å²) >= 11 is 5.84. The van der Waals surface area contributed by atoms with Crippen LogP contribution in [0.1, 0.15) is 5.56 Å². The summed E-state index contributed by atoms with van der Waals surface area (Å²) in [5, 5.41) is 39.5. The first-order valence-electron chi connectivity index (χ1n) is 4.92. The van der Waals surface area contributed by atoms with Crippen molar-refractivity contribution in [1.29, 1.82) is 5.26 Å². The molecule has 0 aliphatic rings. The van der Waals surface area contributed by atoms with Gasteiger partial charge in [-0.15, -0.1) is 0 Å². The van der Waals surface area contributed by atoms with Gasteiger partial charge in [0.15, 0.2) is 0 Å². The van der Waals surface area contributed by atoms with E-state index in [4.69, 9.17) is 16.9 Å². The molecule has 1 aromatic carbocycles. The highest BCUT2D eigenvalue weighted by molar-refractivity contribution is 6.32. The molecule has 4 N–H and O–H groups in total. The smallest absolute Gasteiger partial charge is 0.107 e. The maximum atomic E-state index is 9.17. The van der Waals surface area contributed by atoms with Gasteiger partial charge in [0.05, 0.1) is 36.1 Å². The molecule has 0 saturated heterocycles. The molecule has 5 nitrogen and oxygen atoms in total. The Morgan fingerprint density at radius 2 is 1.82 bits per heavy atom. The third-order valence-corrected chi connectivity index (χ3v) is 2.75. The Morgan fingerprint density at radius 3 is 2.29 bits per heavy atom. The summed E-state index contributed by atoms with van der Waals surface area (Å²) < 4.78 is 0. The first-order chi connectivity index (χ1) is 8.12. The van der Waals surface area contributed by atoms with Crippen LogP contribution in [-0.4, -0.2) is 40.7 Å². The van der Waals surface area contributed by atoms with E-state index in [1.165, 1.54) is 0 Å². The van der Waals surface area contributed by atoms with Gasteiger partial charge < -0.3 is 20.6 Å².